The third kappa shape index (κ3) is 2.10. The van der Waals surface area contributed by atoms with Crippen LogP contribution < -0.4 is 21.3 Å². The van der Waals surface area contributed by atoms with Gasteiger partial charge >= 0.3 is 12.1 Å². The lowest BCUT2D eigenvalue weighted by Crippen LogP contribution is -2.46. The topological polar surface area (TPSA) is 99.3 Å². The number of anilines is 1. The van der Waals surface area contributed by atoms with Crippen LogP contribution in [-0.4, -0.2) is 25.0 Å². The molecule has 1 aromatic rings. The summed E-state index contributed by atoms with van der Waals surface area (Å²) in [6, 6.07) is 4.63. The van der Waals surface area contributed by atoms with E-state index in [1.165, 1.54) is 0 Å². The van der Waals surface area contributed by atoms with Gasteiger partial charge in [0, 0.05) is 12.7 Å². The Bertz CT molecular complexity index is 643. The van der Waals surface area contributed by atoms with Crippen LogP contribution in [0.5, 0.6) is 0 Å². The molecule has 1 atom stereocenters. The summed E-state index contributed by atoms with van der Waals surface area (Å²) in [6.45, 7) is 0. The number of hydrogen-bond donors (Lipinski definition) is 4. The molecule has 1 aromatic carbocycles. The minimum atomic E-state index is -0.962. The molecule has 0 bridgehead atoms. The van der Waals surface area contributed by atoms with E-state index in [1.54, 1.807) is 19.2 Å². The zero-order chi connectivity index (χ0) is 15.0. The number of urea groups is 2. The van der Waals surface area contributed by atoms with Crippen LogP contribution in [0.4, 0.5) is 15.3 Å². The van der Waals surface area contributed by atoms with Gasteiger partial charge in [-0.1, -0.05) is 6.07 Å². The van der Waals surface area contributed by atoms with Crippen LogP contribution in [0.3, 0.4) is 0 Å². The van der Waals surface area contributed by atoms with E-state index in [2.05, 4.69) is 21.3 Å². The molecule has 5 amide bonds. The van der Waals surface area contributed by atoms with Crippen molar-refractivity contribution >= 4 is 23.7 Å². The van der Waals surface area contributed by atoms with Gasteiger partial charge in [-0.05, 0) is 42.5 Å². The van der Waals surface area contributed by atoms with Crippen molar-refractivity contribution in [3.8, 4) is 0 Å². The first-order chi connectivity index (χ1) is 10.0. The molecule has 1 aliphatic carbocycles. The second-order valence-corrected chi connectivity index (χ2v) is 5.24. The molecule has 7 heteroatoms. The number of carbonyl (C=O) groups is 3. The molecule has 4 N–H and O–H groups in total. The van der Waals surface area contributed by atoms with Crippen molar-refractivity contribution in [3.63, 3.8) is 0 Å². The van der Waals surface area contributed by atoms with Crippen LogP contribution in [0.2, 0.25) is 0 Å². The molecule has 1 heterocycles. The van der Waals surface area contributed by atoms with Gasteiger partial charge in [-0.15, -0.1) is 0 Å². The molecule has 0 saturated carbocycles. The average molecular weight is 288 g/mol. The second-order valence-electron chi connectivity index (χ2n) is 5.24. The summed E-state index contributed by atoms with van der Waals surface area (Å²) in [5, 5.41) is 10.2. The van der Waals surface area contributed by atoms with Crippen molar-refractivity contribution in [2.24, 2.45) is 0 Å². The maximum atomic E-state index is 12.2. The fraction of sp³-hybridized carbons (Fsp3) is 0.357. The van der Waals surface area contributed by atoms with E-state index in [4.69, 9.17) is 0 Å². The maximum Gasteiger partial charge on any atom is 0.322 e. The number of carbonyl (C=O) groups excluding carboxylic acids is 3. The van der Waals surface area contributed by atoms with Gasteiger partial charge in [0.05, 0.1) is 0 Å². The molecule has 110 valence electrons. The minimum absolute atomic E-state index is 0.299. The number of imide groups is 1. The minimum Gasteiger partial charge on any atom is -0.341 e. The molecule has 1 unspecified atom stereocenters. The average Bonchev–Trinajstić information content (AvgIpc) is 2.73. The number of amides is 5. The monoisotopic (exact) mass is 288 g/mol. The van der Waals surface area contributed by atoms with Gasteiger partial charge in [0.1, 0.15) is 5.54 Å². The number of aryl methyl sites for hydroxylation is 1. The van der Waals surface area contributed by atoms with E-state index in [0.717, 1.165) is 24.0 Å². The van der Waals surface area contributed by atoms with E-state index in [-0.39, 0.29) is 11.9 Å². The molecular formula is C14H16N4O3. The number of fused-ring (bicyclic) bond motifs is 2. The molecule has 1 saturated heterocycles. The Hall–Kier alpha value is -2.57. The predicted molar refractivity (Wildman–Crippen MR) is 75.8 cm³/mol. The lowest BCUT2D eigenvalue weighted by atomic mass is 9.76. The largest absolute Gasteiger partial charge is 0.341 e. The highest BCUT2D eigenvalue weighted by Gasteiger charge is 2.49. The molecule has 0 radical (unpaired) electrons. The summed E-state index contributed by atoms with van der Waals surface area (Å²) in [5.74, 6) is -0.305. The molecule has 1 aliphatic heterocycles. The maximum absolute atomic E-state index is 12.2. The van der Waals surface area contributed by atoms with Gasteiger partial charge in [0.15, 0.2) is 0 Å². The Morgan fingerprint density at radius 2 is 2.14 bits per heavy atom. The summed E-state index contributed by atoms with van der Waals surface area (Å²) in [6.07, 6.45) is 2.19. The fourth-order valence-electron chi connectivity index (χ4n) is 3.02. The van der Waals surface area contributed by atoms with Crippen molar-refractivity contribution in [1.29, 1.82) is 0 Å². The van der Waals surface area contributed by atoms with Gasteiger partial charge in [0.2, 0.25) is 0 Å². The lowest BCUT2D eigenvalue weighted by Gasteiger charge is -2.33. The van der Waals surface area contributed by atoms with Gasteiger partial charge in [0.25, 0.3) is 5.91 Å². The number of rotatable bonds is 1. The third-order valence-corrected chi connectivity index (χ3v) is 3.99. The quantitative estimate of drug-likeness (QED) is 0.575. The third-order valence-electron chi connectivity index (χ3n) is 3.99. The Labute approximate surface area is 121 Å². The second kappa shape index (κ2) is 4.76. The molecule has 7 nitrogen and oxygen atoms in total. The van der Waals surface area contributed by atoms with Crippen LogP contribution >= 0.6 is 0 Å². The molecular weight excluding hydrogens is 272 g/mol. The Balaban J connectivity index is 1.98. The molecule has 1 spiro atoms. The summed E-state index contributed by atoms with van der Waals surface area (Å²) in [5.41, 5.74) is 1.47. The zero-order valence-electron chi connectivity index (χ0n) is 11.6. The van der Waals surface area contributed by atoms with E-state index >= 15 is 0 Å². The van der Waals surface area contributed by atoms with E-state index in [9.17, 15) is 14.4 Å². The predicted octanol–water partition coefficient (Wildman–Crippen LogP) is 0.809. The van der Waals surface area contributed by atoms with Crippen molar-refractivity contribution < 1.29 is 14.4 Å². The van der Waals surface area contributed by atoms with E-state index < -0.39 is 11.6 Å². The van der Waals surface area contributed by atoms with Crippen molar-refractivity contribution in [2.45, 2.75) is 24.8 Å². The smallest absolute Gasteiger partial charge is 0.322 e. The van der Waals surface area contributed by atoms with Crippen LogP contribution in [-0.2, 0) is 16.8 Å². The molecule has 0 aromatic heterocycles. The normalized spacial score (nSPS) is 23.3. The Morgan fingerprint density at radius 1 is 1.33 bits per heavy atom. The number of benzene rings is 1. The first-order valence-corrected chi connectivity index (χ1v) is 6.81. The van der Waals surface area contributed by atoms with Gasteiger partial charge < -0.3 is 16.0 Å². The Kier molecular flexibility index (Phi) is 3.04. The standard InChI is InChI=1S/C14H16N4O3/c1-15-12(20)16-9-4-5-10-8(7-9)3-2-6-14(10)11(19)17-13(21)18-14/h4-5,7H,2-3,6H2,1H3,(H2,15,16,20)(H2,17,18,19,21). The summed E-state index contributed by atoms with van der Waals surface area (Å²) < 4.78 is 0. The van der Waals surface area contributed by atoms with Crippen LogP contribution in [0.25, 0.3) is 0 Å². The molecule has 21 heavy (non-hydrogen) atoms. The Morgan fingerprint density at radius 3 is 2.81 bits per heavy atom. The summed E-state index contributed by atoms with van der Waals surface area (Å²) >= 11 is 0. The highest BCUT2D eigenvalue weighted by atomic mass is 16.2. The summed E-state index contributed by atoms with van der Waals surface area (Å²) in [7, 11) is 1.54. The van der Waals surface area contributed by atoms with Crippen LogP contribution in [0, 0.1) is 0 Å². The first kappa shape index (κ1) is 13.4. The highest BCUT2D eigenvalue weighted by Crippen LogP contribution is 2.38. The van der Waals surface area contributed by atoms with Crippen LogP contribution in [0.1, 0.15) is 24.0 Å². The van der Waals surface area contributed by atoms with E-state index in [0.29, 0.717) is 12.1 Å². The van der Waals surface area contributed by atoms with Gasteiger partial charge in [-0.2, -0.15) is 0 Å². The fourth-order valence-corrected chi connectivity index (χ4v) is 3.02. The number of hydrogen-bond acceptors (Lipinski definition) is 3. The van der Waals surface area contributed by atoms with Crippen molar-refractivity contribution in [2.75, 3.05) is 12.4 Å². The molecule has 2 aliphatic rings. The van der Waals surface area contributed by atoms with Crippen molar-refractivity contribution in [3.05, 3.63) is 29.3 Å². The SMILES string of the molecule is CNC(=O)Nc1ccc2c(c1)CCCC21NC(=O)NC1=O. The van der Waals surface area contributed by atoms with E-state index in [1.807, 2.05) is 6.07 Å². The van der Waals surface area contributed by atoms with Gasteiger partial charge in [-0.3, -0.25) is 10.1 Å². The van der Waals surface area contributed by atoms with Crippen molar-refractivity contribution in [1.82, 2.24) is 16.0 Å². The van der Waals surface area contributed by atoms with Crippen LogP contribution in [0.15, 0.2) is 18.2 Å². The zero-order valence-corrected chi connectivity index (χ0v) is 11.6. The summed E-state index contributed by atoms with van der Waals surface area (Å²) in [4.78, 5) is 35.0. The molecule has 1 fully saturated rings. The first-order valence-electron chi connectivity index (χ1n) is 6.81. The number of nitrogens with one attached hydrogen (secondary N) is 4. The lowest BCUT2D eigenvalue weighted by molar-refractivity contribution is -0.124. The van der Waals surface area contributed by atoms with Gasteiger partial charge in [-0.25, -0.2) is 9.59 Å². The molecule has 3 rings (SSSR count). The highest BCUT2D eigenvalue weighted by molar-refractivity contribution is 6.07.